The van der Waals surface area contributed by atoms with E-state index in [0.29, 0.717) is 4.99 Å². The van der Waals surface area contributed by atoms with Gasteiger partial charge in [0.05, 0.1) is 18.1 Å². The molecule has 1 fully saturated rings. The fourth-order valence-electron chi connectivity index (χ4n) is 2.28. The largest absolute Gasteiger partial charge is 0.497 e. The van der Waals surface area contributed by atoms with Crippen LogP contribution in [0.15, 0.2) is 24.3 Å². The molecule has 1 aromatic carbocycles. The second kappa shape index (κ2) is 6.13. The molecule has 0 aliphatic carbocycles. The van der Waals surface area contributed by atoms with Gasteiger partial charge in [0.2, 0.25) is 0 Å². The SMILES string of the molecule is COc1ccc(C(C(N)=S)N2CCNCC2)cc1. The third kappa shape index (κ3) is 2.98. The minimum Gasteiger partial charge on any atom is -0.497 e. The van der Waals surface area contributed by atoms with Crippen molar-refractivity contribution in [2.75, 3.05) is 33.3 Å². The maximum absolute atomic E-state index is 5.91. The topological polar surface area (TPSA) is 50.5 Å². The maximum Gasteiger partial charge on any atom is 0.118 e. The molecule has 1 atom stereocenters. The fourth-order valence-corrected chi connectivity index (χ4v) is 2.57. The van der Waals surface area contributed by atoms with Crippen LogP contribution in [0, 0.1) is 0 Å². The van der Waals surface area contributed by atoms with E-state index < -0.39 is 0 Å². The normalized spacial score (nSPS) is 18.3. The molecule has 1 aliphatic heterocycles. The van der Waals surface area contributed by atoms with Crippen molar-refractivity contribution < 1.29 is 4.74 Å². The third-order valence-electron chi connectivity index (χ3n) is 3.22. The van der Waals surface area contributed by atoms with Crippen LogP contribution in [0.5, 0.6) is 5.75 Å². The summed E-state index contributed by atoms with van der Waals surface area (Å²) in [5, 5.41) is 3.33. The van der Waals surface area contributed by atoms with Gasteiger partial charge in [0.1, 0.15) is 5.75 Å². The van der Waals surface area contributed by atoms with E-state index in [1.54, 1.807) is 7.11 Å². The van der Waals surface area contributed by atoms with Crippen molar-refractivity contribution in [2.45, 2.75) is 6.04 Å². The van der Waals surface area contributed by atoms with E-state index in [9.17, 15) is 0 Å². The summed E-state index contributed by atoms with van der Waals surface area (Å²) < 4.78 is 5.17. The lowest BCUT2D eigenvalue weighted by atomic mass is 10.0. The van der Waals surface area contributed by atoms with Gasteiger partial charge >= 0.3 is 0 Å². The summed E-state index contributed by atoms with van der Waals surface area (Å²) in [4.78, 5) is 2.85. The zero-order valence-electron chi connectivity index (χ0n) is 10.6. The number of ether oxygens (including phenoxy) is 1. The van der Waals surface area contributed by atoms with Crippen LogP contribution in [0.4, 0.5) is 0 Å². The number of hydrogen-bond acceptors (Lipinski definition) is 4. The molecule has 1 unspecified atom stereocenters. The quantitative estimate of drug-likeness (QED) is 0.793. The van der Waals surface area contributed by atoms with E-state index in [1.807, 2.05) is 24.3 Å². The van der Waals surface area contributed by atoms with E-state index in [-0.39, 0.29) is 6.04 Å². The highest BCUT2D eigenvalue weighted by molar-refractivity contribution is 7.80. The van der Waals surface area contributed by atoms with E-state index in [1.165, 1.54) is 0 Å². The van der Waals surface area contributed by atoms with Crippen molar-refractivity contribution in [3.05, 3.63) is 29.8 Å². The number of rotatable bonds is 4. The Morgan fingerprint density at radius 1 is 1.33 bits per heavy atom. The first-order chi connectivity index (χ1) is 8.72. The van der Waals surface area contributed by atoms with Crippen molar-refractivity contribution in [1.82, 2.24) is 10.2 Å². The Kier molecular flexibility index (Phi) is 4.52. The second-order valence-corrected chi connectivity index (χ2v) is 4.84. The lowest BCUT2D eigenvalue weighted by molar-refractivity contribution is 0.215. The van der Waals surface area contributed by atoms with Gasteiger partial charge in [-0.15, -0.1) is 0 Å². The minimum atomic E-state index is 0.0213. The van der Waals surface area contributed by atoms with Crippen LogP contribution < -0.4 is 15.8 Å². The van der Waals surface area contributed by atoms with Gasteiger partial charge in [-0.3, -0.25) is 4.90 Å². The summed E-state index contributed by atoms with van der Waals surface area (Å²) in [5.41, 5.74) is 7.04. The first-order valence-electron chi connectivity index (χ1n) is 6.10. The van der Waals surface area contributed by atoms with E-state index in [0.717, 1.165) is 37.5 Å². The van der Waals surface area contributed by atoms with Crippen LogP contribution in [-0.4, -0.2) is 43.2 Å². The standard InChI is InChI=1S/C13H19N3OS/c1-17-11-4-2-10(3-5-11)12(13(14)18)16-8-6-15-7-9-16/h2-5,12,15H,6-9H2,1H3,(H2,14,18). The first-order valence-corrected chi connectivity index (χ1v) is 6.51. The summed E-state index contributed by atoms with van der Waals surface area (Å²) in [6, 6.07) is 7.98. The van der Waals surface area contributed by atoms with Crippen LogP contribution in [0.1, 0.15) is 11.6 Å². The average Bonchev–Trinajstić information content (AvgIpc) is 2.40. The van der Waals surface area contributed by atoms with Gasteiger partial charge in [0, 0.05) is 26.2 Å². The summed E-state index contributed by atoms with van der Waals surface area (Å²) in [5.74, 6) is 0.848. The second-order valence-electron chi connectivity index (χ2n) is 4.36. The molecule has 1 aliphatic rings. The Balaban J connectivity index is 2.20. The van der Waals surface area contributed by atoms with Gasteiger partial charge in [-0.1, -0.05) is 24.4 Å². The Morgan fingerprint density at radius 3 is 2.44 bits per heavy atom. The minimum absolute atomic E-state index is 0.0213. The van der Waals surface area contributed by atoms with Crippen molar-refractivity contribution in [3.8, 4) is 5.75 Å². The van der Waals surface area contributed by atoms with Crippen molar-refractivity contribution in [1.29, 1.82) is 0 Å². The van der Waals surface area contributed by atoms with Crippen LogP contribution in [0.3, 0.4) is 0 Å². The molecule has 18 heavy (non-hydrogen) atoms. The molecule has 0 bridgehead atoms. The van der Waals surface area contributed by atoms with Crippen LogP contribution in [-0.2, 0) is 0 Å². The third-order valence-corrected chi connectivity index (χ3v) is 3.44. The summed E-state index contributed by atoms with van der Waals surface area (Å²) in [6.45, 7) is 3.90. The molecule has 1 saturated heterocycles. The van der Waals surface area contributed by atoms with E-state index in [2.05, 4.69) is 10.2 Å². The van der Waals surface area contributed by atoms with Crippen LogP contribution >= 0.6 is 12.2 Å². The number of hydrogen-bond donors (Lipinski definition) is 2. The number of nitrogens with two attached hydrogens (primary N) is 1. The summed E-state index contributed by atoms with van der Waals surface area (Å²) in [6.07, 6.45) is 0. The zero-order chi connectivity index (χ0) is 13.0. The number of benzene rings is 1. The molecular formula is C13H19N3OS. The van der Waals surface area contributed by atoms with Gasteiger partial charge in [-0.25, -0.2) is 0 Å². The van der Waals surface area contributed by atoms with Crippen LogP contribution in [0.25, 0.3) is 0 Å². The molecule has 0 saturated carbocycles. The number of piperazine rings is 1. The number of methoxy groups -OCH3 is 1. The predicted octanol–water partition coefficient (Wildman–Crippen LogP) is 0.928. The molecular weight excluding hydrogens is 246 g/mol. The summed E-state index contributed by atoms with van der Waals surface area (Å²) >= 11 is 5.23. The number of nitrogens with zero attached hydrogens (tertiary/aromatic N) is 1. The number of thiocarbonyl (C=S) groups is 1. The van der Waals surface area contributed by atoms with Crippen molar-refractivity contribution in [3.63, 3.8) is 0 Å². The monoisotopic (exact) mass is 265 g/mol. The molecule has 5 heteroatoms. The zero-order valence-corrected chi connectivity index (χ0v) is 11.4. The smallest absolute Gasteiger partial charge is 0.118 e. The van der Waals surface area contributed by atoms with E-state index >= 15 is 0 Å². The van der Waals surface area contributed by atoms with Gasteiger partial charge in [-0.05, 0) is 17.7 Å². The Morgan fingerprint density at radius 2 is 1.94 bits per heavy atom. The lowest BCUT2D eigenvalue weighted by Gasteiger charge is -2.34. The average molecular weight is 265 g/mol. The lowest BCUT2D eigenvalue weighted by Crippen LogP contribution is -2.48. The molecule has 2 rings (SSSR count). The van der Waals surface area contributed by atoms with Crippen molar-refractivity contribution >= 4 is 17.2 Å². The fraction of sp³-hybridized carbons (Fsp3) is 0.462. The maximum atomic E-state index is 5.91. The van der Waals surface area contributed by atoms with Gasteiger partial charge in [0.15, 0.2) is 0 Å². The molecule has 4 nitrogen and oxygen atoms in total. The molecule has 0 amide bonds. The molecule has 0 radical (unpaired) electrons. The van der Waals surface area contributed by atoms with Gasteiger partial charge in [-0.2, -0.15) is 0 Å². The molecule has 1 heterocycles. The van der Waals surface area contributed by atoms with Gasteiger partial charge < -0.3 is 15.8 Å². The van der Waals surface area contributed by atoms with Gasteiger partial charge in [0.25, 0.3) is 0 Å². The Bertz CT molecular complexity index is 401. The van der Waals surface area contributed by atoms with Crippen LogP contribution in [0.2, 0.25) is 0 Å². The van der Waals surface area contributed by atoms with E-state index in [4.69, 9.17) is 22.7 Å². The highest BCUT2D eigenvalue weighted by Gasteiger charge is 2.24. The molecule has 1 aromatic rings. The first kappa shape index (κ1) is 13.3. The highest BCUT2D eigenvalue weighted by Crippen LogP contribution is 2.23. The molecule has 0 aromatic heterocycles. The van der Waals surface area contributed by atoms with Crippen molar-refractivity contribution in [2.24, 2.45) is 5.73 Å². The molecule has 3 N–H and O–H groups in total. The highest BCUT2D eigenvalue weighted by atomic mass is 32.1. The predicted molar refractivity (Wildman–Crippen MR) is 77.0 cm³/mol. The number of nitrogens with one attached hydrogen (secondary N) is 1. The Labute approximate surface area is 113 Å². The summed E-state index contributed by atoms with van der Waals surface area (Å²) in [7, 11) is 1.66. The Hall–Kier alpha value is -1.17. The molecule has 0 spiro atoms. The molecule has 98 valence electrons.